The Balaban J connectivity index is 2.86. The number of carbonyl (C=O) groups is 1. The summed E-state index contributed by atoms with van der Waals surface area (Å²) >= 11 is 4.89. The van der Waals surface area contributed by atoms with Crippen LogP contribution in [0.25, 0.3) is 0 Å². The lowest BCUT2D eigenvalue weighted by atomic mass is 10.2. The van der Waals surface area contributed by atoms with Crippen LogP contribution in [-0.2, 0) is 11.3 Å². The molecule has 0 aliphatic heterocycles. The average Bonchev–Trinajstić information content (AvgIpc) is 2.94. The van der Waals surface area contributed by atoms with Gasteiger partial charge in [0.1, 0.15) is 10.6 Å². The fourth-order valence-electron chi connectivity index (χ4n) is 1.89. The second-order valence-electron chi connectivity index (χ2n) is 6.63. The minimum atomic E-state index is -0.562. The highest BCUT2D eigenvalue weighted by Crippen LogP contribution is 2.21. The predicted molar refractivity (Wildman–Crippen MR) is 111 cm³/mol. The molecule has 1 rings (SSSR count). The number of hydrogen-bond acceptors (Lipinski definition) is 5. The van der Waals surface area contributed by atoms with E-state index < -0.39 is 5.60 Å². The normalized spacial score (nSPS) is 12.3. The molecule has 0 radical (unpaired) electrons. The number of aliphatic imine (C=N–C) groups is 1. The molecule has 1 heterocycles. The average molecular weight is 443 g/mol. The third kappa shape index (κ3) is 8.62. The zero-order chi connectivity index (χ0) is 19.7. The molecule has 0 saturated heterocycles. The number of thiazole rings is 1. The molecule has 0 aliphatic carbocycles. The van der Waals surface area contributed by atoms with E-state index in [0.29, 0.717) is 13.2 Å². The quantitative estimate of drug-likeness (QED) is 0.245. The number of carbonyl (C=O) groups excluding carboxylic acids is 1. The number of hydrogen-bond donors (Lipinski definition) is 0. The number of amides is 1. The lowest BCUT2D eigenvalue weighted by Crippen LogP contribution is -2.42. The van der Waals surface area contributed by atoms with Crippen molar-refractivity contribution in [1.29, 1.82) is 0 Å². The van der Waals surface area contributed by atoms with Crippen molar-refractivity contribution in [2.45, 2.75) is 46.3 Å². The predicted octanol–water partition coefficient (Wildman–Crippen LogP) is 5.04. The van der Waals surface area contributed by atoms with Crippen molar-refractivity contribution >= 4 is 39.7 Å². The van der Waals surface area contributed by atoms with Gasteiger partial charge in [-0.25, -0.2) is 14.8 Å². The first-order valence-electron chi connectivity index (χ1n) is 8.28. The number of halogens is 1. The van der Waals surface area contributed by atoms with E-state index >= 15 is 0 Å². The van der Waals surface area contributed by atoms with Crippen LogP contribution >= 0.6 is 27.3 Å². The van der Waals surface area contributed by atoms with E-state index in [0.717, 1.165) is 20.9 Å². The van der Waals surface area contributed by atoms with Crippen LogP contribution in [0.2, 0.25) is 0 Å². The molecular weight excluding hydrogens is 416 g/mol. The third-order valence-corrected chi connectivity index (χ3v) is 4.45. The molecule has 0 saturated carbocycles. The van der Waals surface area contributed by atoms with Crippen molar-refractivity contribution in [2.75, 3.05) is 13.7 Å². The van der Waals surface area contributed by atoms with Gasteiger partial charge in [0.25, 0.3) is 0 Å². The van der Waals surface area contributed by atoms with Crippen molar-refractivity contribution in [3.8, 4) is 0 Å². The maximum atomic E-state index is 12.6. The van der Waals surface area contributed by atoms with Crippen LogP contribution in [0.3, 0.4) is 0 Å². The van der Waals surface area contributed by atoms with Gasteiger partial charge in [0, 0.05) is 12.7 Å². The van der Waals surface area contributed by atoms with Gasteiger partial charge in [-0.1, -0.05) is 19.6 Å². The van der Waals surface area contributed by atoms with Gasteiger partial charge in [0.2, 0.25) is 0 Å². The Labute approximate surface area is 168 Å². The van der Waals surface area contributed by atoms with Gasteiger partial charge in [-0.2, -0.15) is 0 Å². The summed E-state index contributed by atoms with van der Waals surface area (Å²) < 4.78 is 6.45. The number of rotatable bonds is 8. The summed E-state index contributed by atoms with van der Waals surface area (Å²) in [5.41, 5.74) is 0.354. The van der Waals surface area contributed by atoms with E-state index in [9.17, 15) is 4.79 Å². The maximum absolute atomic E-state index is 12.6. The van der Waals surface area contributed by atoms with Crippen molar-refractivity contribution < 1.29 is 9.53 Å². The molecule has 1 aromatic rings. The van der Waals surface area contributed by atoms with E-state index in [1.54, 1.807) is 23.5 Å². The summed E-state index contributed by atoms with van der Waals surface area (Å²) in [6.45, 7) is 12.0. The molecule has 0 unspecified atom stereocenters. The number of ether oxygens (including phenoxy) is 1. The largest absolute Gasteiger partial charge is 0.444 e. The standard InChI is InChI=1S/C18H27BrN4O2S/c1-7-9-14(8-2)21-12-22(6)13-23(17(24)25-18(3,4)5)11-16-20-10-15(19)26-16/h7,9-10,12H,1,8,11,13H2,2-6H3/b14-9+,21-12-. The van der Waals surface area contributed by atoms with E-state index in [4.69, 9.17) is 4.74 Å². The molecule has 0 spiro atoms. The van der Waals surface area contributed by atoms with Crippen LogP contribution in [0.1, 0.15) is 39.1 Å². The molecule has 0 aromatic carbocycles. The molecule has 8 heteroatoms. The van der Waals surface area contributed by atoms with Gasteiger partial charge in [-0.15, -0.1) is 11.3 Å². The van der Waals surface area contributed by atoms with Gasteiger partial charge in [-0.05, 0) is 49.2 Å². The highest BCUT2D eigenvalue weighted by molar-refractivity contribution is 9.11. The van der Waals surface area contributed by atoms with E-state index in [2.05, 4.69) is 32.5 Å². The number of aromatic nitrogens is 1. The summed E-state index contributed by atoms with van der Waals surface area (Å²) in [6, 6.07) is 0. The lowest BCUT2D eigenvalue weighted by molar-refractivity contribution is 0.0176. The summed E-state index contributed by atoms with van der Waals surface area (Å²) in [4.78, 5) is 24.7. The zero-order valence-electron chi connectivity index (χ0n) is 16.0. The van der Waals surface area contributed by atoms with Gasteiger partial charge in [0.15, 0.2) is 0 Å². The lowest BCUT2D eigenvalue weighted by Gasteiger charge is -2.29. The Morgan fingerprint density at radius 3 is 2.69 bits per heavy atom. The van der Waals surface area contributed by atoms with Gasteiger partial charge in [0.05, 0.1) is 29.5 Å². The van der Waals surface area contributed by atoms with E-state index in [-0.39, 0.29) is 6.09 Å². The fraction of sp³-hybridized carbons (Fsp3) is 0.500. The van der Waals surface area contributed by atoms with Crippen LogP contribution in [0.4, 0.5) is 4.79 Å². The summed E-state index contributed by atoms with van der Waals surface area (Å²) in [7, 11) is 1.86. The fourth-order valence-corrected chi connectivity index (χ4v) is 3.21. The molecule has 144 valence electrons. The SMILES string of the molecule is C=C/C=C(CC)/N=C\N(C)CN(Cc1ncc(Br)s1)C(=O)OC(C)(C)C. The van der Waals surface area contributed by atoms with Crippen LogP contribution in [-0.4, -0.2) is 46.5 Å². The van der Waals surface area contributed by atoms with Crippen molar-refractivity contribution in [1.82, 2.24) is 14.8 Å². The third-order valence-electron chi connectivity index (χ3n) is 2.99. The minimum absolute atomic E-state index is 0.334. The summed E-state index contributed by atoms with van der Waals surface area (Å²) in [5, 5.41) is 0.828. The Kier molecular flexibility index (Phi) is 9.01. The molecule has 6 nitrogen and oxygen atoms in total. The highest BCUT2D eigenvalue weighted by atomic mass is 79.9. The molecule has 0 aliphatic rings. The monoisotopic (exact) mass is 442 g/mol. The number of allylic oxidation sites excluding steroid dienone is 3. The molecule has 1 aromatic heterocycles. The molecular formula is C18H27BrN4O2S. The molecule has 0 atom stereocenters. The first-order chi connectivity index (χ1) is 12.1. The first kappa shape index (κ1) is 22.4. The molecule has 0 bridgehead atoms. The molecule has 1 amide bonds. The second-order valence-corrected chi connectivity index (χ2v) is 9.12. The van der Waals surface area contributed by atoms with Gasteiger partial charge in [-0.3, -0.25) is 4.90 Å². The topological polar surface area (TPSA) is 58.0 Å². The van der Waals surface area contributed by atoms with Crippen molar-refractivity contribution in [3.63, 3.8) is 0 Å². The molecule has 0 fully saturated rings. The van der Waals surface area contributed by atoms with Crippen molar-refractivity contribution in [2.24, 2.45) is 4.99 Å². The summed E-state index contributed by atoms with van der Waals surface area (Å²) in [5.74, 6) is 0. The molecule has 26 heavy (non-hydrogen) atoms. The minimum Gasteiger partial charge on any atom is -0.444 e. The van der Waals surface area contributed by atoms with Gasteiger partial charge >= 0.3 is 6.09 Å². The summed E-state index contributed by atoms with van der Waals surface area (Å²) in [6.07, 6.45) is 7.42. The van der Waals surface area contributed by atoms with Crippen LogP contribution < -0.4 is 0 Å². The van der Waals surface area contributed by atoms with Crippen LogP contribution in [0.15, 0.2) is 39.4 Å². The molecule has 0 N–H and O–H groups in total. The Morgan fingerprint density at radius 1 is 1.50 bits per heavy atom. The highest BCUT2D eigenvalue weighted by Gasteiger charge is 2.23. The van der Waals surface area contributed by atoms with Gasteiger partial charge < -0.3 is 9.64 Å². The second kappa shape index (κ2) is 10.5. The Bertz CT molecular complexity index is 664. The first-order valence-corrected chi connectivity index (χ1v) is 9.89. The van der Waals surface area contributed by atoms with E-state index in [1.807, 2.05) is 45.7 Å². The maximum Gasteiger partial charge on any atom is 0.412 e. The zero-order valence-corrected chi connectivity index (χ0v) is 18.4. The number of nitrogens with zero attached hydrogens (tertiary/aromatic N) is 4. The van der Waals surface area contributed by atoms with Crippen molar-refractivity contribution in [3.05, 3.63) is 39.4 Å². The Morgan fingerprint density at radius 2 is 2.19 bits per heavy atom. The van der Waals surface area contributed by atoms with Crippen LogP contribution in [0, 0.1) is 0 Å². The van der Waals surface area contributed by atoms with Crippen LogP contribution in [0.5, 0.6) is 0 Å². The van der Waals surface area contributed by atoms with E-state index in [1.165, 1.54) is 11.3 Å². The smallest absolute Gasteiger partial charge is 0.412 e. The Hall–Kier alpha value is -1.67.